The van der Waals surface area contributed by atoms with Crippen LogP contribution in [0.5, 0.6) is 5.75 Å². The molecule has 136 valence electrons. The highest BCUT2D eigenvalue weighted by molar-refractivity contribution is 6.32. The fourth-order valence-electron chi connectivity index (χ4n) is 3.01. The zero-order chi connectivity index (χ0) is 19.0. The van der Waals surface area contributed by atoms with Crippen LogP contribution in [-0.2, 0) is 6.42 Å². The molecule has 1 amide bonds. The van der Waals surface area contributed by atoms with Crippen molar-refractivity contribution in [2.24, 2.45) is 0 Å². The first-order valence-electron chi connectivity index (χ1n) is 8.38. The first-order valence-corrected chi connectivity index (χ1v) is 8.76. The number of anilines is 1. The Hall–Kier alpha value is -3.32. The third-order valence-corrected chi connectivity index (χ3v) is 4.63. The summed E-state index contributed by atoms with van der Waals surface area (Å²) in [6.07, 6.45) is 2.13. The lowest BCUT2D eigenvalue weighted by molar-refractivity contribution is 0.102. The number of nitrogens with one attached hydrogen (secondary N) is 2. The number of para-hydroxylation sites is 1. The second kappa shape index (κ2) is 6.77. The summed E-state index contributed by atoms with van der Waals surface area (Å²) < 4.78 is 1.68. The number of carbonyl (C=O) groups is 1. The van der Waals surface area contributed by atoms with Crippen LogP contribution in [0, 0.1) is 0 Å². The minimum absolute atomic E-state index is 0.123. The zero-order valence-electron chi connectivity index (χ0n) is 14.4. The molecule has 0 fully saturated rings. The molecule has 0 saturated heterocycles. The number of hydrogen-bond donors (Lipinski definition) is 3. The second-order valence-electron chi connectivity index (χ2n) is 5.98. The molecule has 4 aromatic rings. The average molecular weight is 382 g/mol. The lowest BCUT2D eigenvalue weighted by atomic mass is 10.1. The van der Waals surface area contributed by atoms with Gasteiger partial charge in [0, 0.05) is 11.5 Å². The van der Waals surface area contributed by atoms with E-state index < -0.39 is 0 Å². The van der Waals surface area contributed by atoms with Gasteiger partial charge in [0.1, 0.15) is 5.75 Å². The predicted molar refractivity (Wildman–Crippen MR) is 104 cm³/mol. The summed E-state index contributed by atoms with van der Waals surface area (Å²) in [5, 5.41) is 24.9. The number of aromatic amines is 1. The standard InChI is InChI=1S/C19H16ClN5O2/c1-2-16-13(10-21-25(16)17-6-4-3-5-14(17)20)19(27)22-18-12-8-7-11(26)9-15(12)23-24-18/h3-10,26H,2H2,1H3,(H2,22,23,24,27). The van der Waals surface area contributed by atoms with Gasteiger partial charge in [-0.25, -0.2) is 4.68 Å². The largest absolute Gasteiger partial charge is 0.508 e. The van der Waals surface area contributed by atoms with E-state index >= 15 is 0 Å². The maximum Gasteiger partial charge on any atom is 0.260 e. The first-order chi connectivity index (χ1) is 13.1. The monoisotopic (exact) mass is 381 g/mol. The minimum Gasteiger partial charge on any atom is -0.508 e. The molecule has 7 nitrogen and oxygen atoms in total. The van der Waals surface area contributed by atoms with Gasteiger partial charge in [-0.2, -0.15) is 10.2 Å². The quantitative estimate of drug-likeness (QED) is 0.499. The Morgan fingerprint density at radius 1 is 1.30 bits per heavy atom. The maximum absolute atomic E-state index is 12.8. The number of benzene rings is 2. The molecule has 0 spiro atoms. The number of rotatable bonds is 4. The lowest BCUT2D eigenvalue weighted by Gasteiger charge is -2.09. The number of halogens is 1. The van der Waals surface area contributed by atoms with Crippen molar-refractivity contribution in [3.8, 4) is 11.4 Å². The number of nitrogens with zero attached hydrogens (tertiary/aromatic N) is 3. The molecule has 3 N–H and O–H groups in total. The van der Waals surface area contributed by atoms with Crippen molar-refractivity contribution in [2.75, 3.05) is 5.32 Å². The van der Waals surface area contributed by atoms with Crippen molar-refractivity contribution in [1.82, 2.24) is 20.0 Å². The van der Waals surface area contributed by atoms with Crippen molar-refractivity contribution < 1.29 is 9.90 Å². The number of amides is 1. The molecular formula is C19H16ClN5O2. The Kier molecular flexibility index (Phi) is 4.29. The Morgan fingerprint density at radius 2 is 2.11 bits per heavy atom. The van der Waals surface area contributed by atoms with E-state index in [9.17, 15) is 9.90 Å². The molecule has 8 heteroatoms. The summed E-state index contributed by atoms with van der Waals surface area (Å²) in [4.78, 5) is 12.8. The summed E-state index contributed by atoms with van der Waals surface area (Å²) in [7, 11) is 0. The predicted octanol–water partition coefficient (Wildman–Crippen LogP) is 3.92. The lowest BCUT2D eigenvalue weighted by Crippen LogP contribution is -2.14. The van der Waals surface area contributed by atoms with Gasteiger partial charge >= 0.3 is 0 Å². The molecule has 0 radical (unpaired) electrons. The van der Waals surface area contributed by atoms with Gasteiger partial charge in [-0.3, -0.25) is 9.89 Å². The Labute approximate surface area is 159 Å². The maximum atomic E-state index is 12.8. The van der Waals surface area contributed by atoms with Gasteiger partial charge in [0.05, 0.1) is 33.7 Å². The number of phenolic OH excluding ortho intramolecular Hbond substituents is 1. The van der Waals surface area contributed by atoms with Crippen molar-refractivity contribution in [3.63, 3.8) is 0 Å². The zero-order valence-corrected chi connectivity index (χ0v) is 15.2. The normalized spacial score (nSPS) is 11.0. The number of H-pyrrole nitrogens is 1. The summed E-state index contributed by atoms with van der Waals surface area (Å²) >= 11 is 6.27. The van der Waals surface area contributed by atoms with Crippen molar-refractivity contribution in [2.45, 2.75) is 13.3 Å². The Bertz CT molecular complexity index is 1150. The molecule has 4 rings (SSSR count). The first kappa shape index (κ1) is 17.1. The highest BCUT2D eigenvalue weighted by Gasteiger charge is 2.20. The van der Waals surface area contributed by atoms with E-state index in [-0.39, 0.29) is 11.7 Å². The molecule has 0 aliphatic heterocycles. The third-order valence-electron chi connectivity index (χ3n) is 4.31. The number of aromatic hydroxyl groups is 1. The fourth-order valence-corrected chi connectivity index (χ4v) is 3.23. The molecule has 2 aromatic carbocycles. The number of phenols is 1. The van der Waals surface area contributed by atoms with E-state index in [1.165, 1.54) is 6.20 Å². The molecule has 0 atom stereocenters. The summed E-state index contributed by atoms with van der Waals surface area (Å²) in [5.74, 6) is 0.201. The van der Waals surface area contributed by atoms with E-state index in [4.69, 9.17) is 11.6 Å². The number of hydrogen-bond acceptors (Lipinski definition) is 4. The van der Waals surface area contributed by atoms with Gasteiger partial charge in [-0.05, 0) is 30.7 Å². The topological polar surface area (TPSA) is 95.8 Å². The molecule has 0 aliphatic carbocycles. The van der Waals surface area contributed by atoms with Crippen LogP contribution in [0.2, 0.25) is 5.02 Å². The number of fused-ring (bicyclic) bond motifs is 1. The van der Waals surface area contributed by atoms with Gasteiger partial charge in [-0.1, -0.05) is 30.7 Å². The Balaban J connectivity index is 1.69. The highest BCUT2D eigenvalue weighted by Crippen LogP contribution is 2.26. The van der Waals surface area contributed by atoms with Crippen molar-refractivity contribution in [1.29, 1.82) is 0 Å². The number of aromatic nitrogens is 4. The minimum atomic E-state index is -0.313. The van der Waals surface area contributed by atoms with Crippen LogP contribution in [0.3, 0.4) is 0 Å². The second-order valence-corrected chi connectivity index (χ2v) is 6.39. The van der Waals surface area contributed by atoms with Crippen LogP contribution in [0.1, 0.15) is 23.0 Å². The molecule has 0 unspecified atom stereocenters. The summed E-state index contributed by atoms with van der Waals surface area (Å²) in [6, 6.07) is 12.1. The molecular weight excluding hydrogens is 366 g/mol. The van der Waals surface area contributed by atoms with Gasteiger partial charge in [-0.15, -0.1) is 0 Å². The van der Waals surface area contributed by atoms with Gasteiger partial charge in [0.25, 0.3) is 5.91 Å². The van der Waals surface area contributed by atoms with E-state index in [0.717, 1.165) is 11.4 Å². The molecule has 2 heterocycles. The van der Waals surface area contributed by atoms with E-state index in [0.29, 0.717) is 33.7 Å². The Morgan fingerprint density at radius 3 is 2.89 bits per heavy atom. The number of carbonyl (C=O) groups excluding carboxylic acids is 1. The van der Waals surface area contributed by atoms with Crippen LogP contribution in [0.15, 0.2) is 48.7 Å². The average Bonchev–Trinajstić information content (AvgIpc) is 3.26. The SMILES string of the molecule is CCc1c(C(=O)Nc2n[nH]c3cc(O)ccc23)cnn1-c1ccccc1Cl. The highest BCUT2D eigenvalue weighted by atomic mass is 35.5. The summed E-state index contributed by atoms with van der Waals surface area (Å²) in [6.45, 7) is 1.95. The van der Waals surface area contributed by atoms with Crippen molar-refractivity contribution >= 4 is 34.2 Å². The van der Waals surface area contributed by atoms with Gasteiger partial charge in [0.15, 0.2) is 5.82 Å². The van der Waals surface area contributed by atoms with Crippen LogP contribution in [0.25, 0.3) is 16.6 Å². The van der Waals surface area contributed by atoms with Gasteiger partial charge in [0.2, 0.25) is 0 Å². The van der Waals surface area contributed by atoms with E-state index in [1.807, 2.05) is 25.1 Å². The van der Waals surface area contributed by atoms with E-state index in [2.05, 4.69) is 20.6 Å². The van der Waals surface area contributed by atoms with Crippen LogP contribution in [0.4, 0.5) is 5.82 Å². The van der Waals surface area contributed by atoms with Crippen LogP contribution >= 0.6 is 11.6 Å². The van der Waals surface area contributed by atoms with E-state index in [1.54, 1.807) is 28.9 Å². The smallest absolute Gasteiger partial charge is 0.260 e. The molecule has 0 bridgehead atoms. The molecule has 27 heavy (non-hydrogen) atoms. The van der Waals surface area contributed by atoms with Crippen molar-refractivity contribution in [3.05, 3.63) is 64.9 Å². The third kappa shape index (κ3) is 3.02. The molecule has 0 saturated carbocycles. The van der Waals surface area contributed by atoms with Gasteiger partial charge < -0.3 is 10.4 Å². The van der Waals surface area contributed by atoms with Crippen LogP contribution in [-0.4, -0.2) is 31.0 Å². The molecule has 0 aliphatic rings. The summed E-state index contributed by atoms with van der Waals surface area (Å²) in [5.41, 5.74) is 2.55. The van der Waals surface area contributed by atoms with Crippen LogP contribution < -0.4 is 5.32 Å². The fraction of sp³-hybridized carbons (Fsp3) is 0.105. The molecule has 2 aromatic heterocycles.